The molecule has 5 heteroatoms. The smallest absolute Gasteiger partial charge is 0.197 e. The Balaban J connectivity index is 2.35. The lowest BCUT2D eigenvalue weighted by atomic mass is 10.1. The van der Waals surface area contributed by atoms with Gasteiger partial charge in [0.15, 0.2) is 5.96 Å². The molecule has 0 spiro atoms. The van der Waals surface area contributed by atoms with E-state index in [0.29, 0.717) is 19.2 Å². The third-order valence-corrected chi connectivity index (χ3v) is 2.50. The Hall–Kier alpha value is -1.07. The van der Waals surface area contributed by atoms with E-state index in [9.17, 15) is 0 Å². The maximum Gasteiger partial charge on any atom is 0.197 e. The molecule has 2 aliphatic heterocycles. The monoisotopic (exact) mass is 182 g/mol. The van der Waals surface area contributed by atoms with Crippen molar-refractivity contribution in [2.45, 2.75) is 12.6 Å². The minimum absolute atomic E-state index is 0.173. The van der Waals surface area contributed by atoms with Gasteiger partial charge in [-0.2, -0.15) is 0 Å². The van der Waals surface area contributed by atoms with Crippen molar-refractivity contribution < 1.29 is 4.74 Å². The van der Waals surface area contributed by atoms with Crippen LogP contribution in [0, 0.1) is 0 Å². The first kappa shape index (κ1) is 8.52. The second kappa shape index (κ2) is 3.01. The van der Waals surface area contributed by atoms with E-state index in [4.69, 9.17) is 16.2 Å². The SMILES string of the molecule is CN1C(N)=NC2=C(COCC2)C1N. The molecule has 4 N–H and O–H groups in total. The fourth-order valence-corrected chi connectivity index (χ4v) is 1.57. The van der Waals surface area contributed by atoms with Crippen molar-refractivity contribution in [3.8, 4) is 0 Å². The molecular weight excluding hydrogens is 168 g/mol. The standard InChI is InChI=1S/C8H14N4O/c1-12-7(9)5-4-13-3-2-6(5)11-8(12)10/h7H,2-4,9H2,1H3,(H2,10,11). The molecule has 0 amide bonds. The van der Waals surface area contributed by atoms with Crippen LogP contribution in [0.25, 0.3) is 0 Å². The average molecular weight is 182 g/mol. The molecule has 0 aromatic rings. The maximum absolute atomic E-state index is 5.95. The molecule has 1 unspecified atom stereocenters. The van der Waals surface area contributed by atoms with E-state index in [1.54, 1.807) is 4.90 Å². The Morgan fingerprint density at radius 2 is 2.38 bits per heavy atom. The summed E-state index contributed by atoms with van der Waals surface area (Å²) >= 11 is 0. The lowest BCUT2D eigenvalue weighted by Gasteiger charge is -2.34. The molecule has 0 radical (unpaired) electrons. The minimum Gasteiger partial charge on any atom is -0.376 e. The molecule has 0 saturated heterocycles. The summed E-state index contributed by atoms with van der Waals surface area (Å²) < 4.78 is 5.32. The highest BCUT2D eigenvalue weighted by Crippen LogP contribution is 2.23. The lowest BCUT2D eigenvalue weighted by molar-refractivity contribution is 0.133. The fourth-order valence-electron chi connectivity index (χ4n) is 1.57. The number of hydrogen-bond donors (Lipinski definition) is 2. The van der Waals surface area contributed by atoms with Crippen molar-refractivity contribution in [2.24, 2.45) is 16.5 Å². The summed E-state index contributed by atoms with van der Waals surface area (Å²) in [4.78, 5) is 6.03. The summed E-state index contributed by atoms with van der Waals surface area (Å²) in [5.74, 6) is 0.494. The molecule has 0 aromatic carbocycles. The van der Waals surface area contributed by atoms with Crippen LogP contribution in [0.4, 0.5) is 0 Å². The van der Waals surface area contributed by atoms with Gasteiger partial charge in [0.25, 0.3) is 0 Å². The maximum atomic E-state index is 5.95. The molecule has 72 valence electrons. The molecule has 2 aliphatic rings. The van der Waals surface area contributed by atoms with Crippen LogP contribution in [0.1, 0.15) is 6.42 Å². The molecule has 0 aliphatic carbocycles. The number of nitrogens with two attached hydrogens (primary N) is 2. The van der Waals surface area contributed by atoms with Gasteiger partial charge in [0.1, 0.15) is 6.17 Å². The van der Waals surface area contributed by atoms with Gasteiger partial charge in [-0.15, -0.1) is 0 Å². The van der Waals surface area contributed by atoms with E-state index in [-0.39, 0.29) is 6.17 Å². The second-order valence-electron chi connectivity index (χ2n) is 3.30. The van der Waals surface area contributed by atoms with Gasteiger partial charge in [-0.05, 0) is 0 Å². The Morgan fingerprint density at radius 1 is 1.62 bits per heavy atom. The largest absolute Gasteiger partial charge is 0.376 e. The molecule has 2 heterocycles. The Bertz CT molecular complexity index is 284. The van der Waals surface area contributed by atoms with E-state index < -0.39 is 0 Å². The normalized spacial score (nSPS) is 28.6. The molecule has 5 nitrogen and oxygen atoms in total. The van der Waals surface area contributed by atoms with Gasteiger partial charge in [-0.25, -0.2) is 4.99 Å². The van der Waals surface area contributed by atoms with Crippen LogP contribution in [-0.4, -0.2) is 37.3 Å². The van der Waals surface area contributed by atoms with Crippen LogP contribution in [0.15, 0.2) is 16.3 Å². The number of nitrogens with zero attached hydrogens (tertiary/aromatic N) is 2. The van der Waals surface area contributed by atoms with E-state index in [1.807, 2.05) is 7.05 Å². The highest BCUT2D eigenvalue weighted by Gasteiger charge is 2.27. The molecule has 2 rings (SSSR count). The Kier molecular flexibility index (Phi) is 1.97. The summed E-state index contributed by atoms with van der Waals surface area (Å²) in [7, 11) is 1.84. The first-order chi connectivity index (χ1) is 6.20. The fraction of sp³-hybridized carbons (Fsp3) is 0.625. The van der Waals surface area contributed by atoms with Gasteiger partial charge < -0.3 is 21.1 Å². The van der Waals surface area contributed by atoms with Crippen LogP contribution in [0.2, 0.25) is 0 Å². The summed E-state index contributed by atoms with van der Waals surface area (Å²) in [5, 5.41) is 0. The minimum atomic E-state index is -0.173. The lowest BCUT2D eigenvalue weighted by Crippen LogP contribution is -2.51. The quantitative estimate of drug-likeness (QED) is 0.514. The van der Waals surface area contributed by atoms with E-state index >= 15 is 0 Å². The van der Waals surface area contributed by atoms with Crippen molar-refractivity contribution in [3.05, 3.63) is 11.3 Å². The third-order valence-electron chi connectivity index (χ3n) is 2.50. The van der Waals surface area contributed by atoms with Crippen LogP contribution in [0.3, 0.4) is 0 Å². The van der Waals surface area contributed by atoms with E-state index in [1.165, 1.54) is 0 Å². The summed E-state index contributed by atoms with van der Waals surface area (Å²) in [6.45, 7) is 1.30. The highest BCUT2D eigenvalue weighted by molar-refractivity contribution is 5.80. The number of likely N-dealkylation sites (N-methyl/N-ethyl adjacent to an activating group) is 1. The predicted molar refractivity (Wildman–Crippen MR) is 49.8 cm³/mol. The first-order valence-corrected chi connectivity index (χ1v) is 4.32. The topological polar surface area (TPSA) is 76.9 Å². The zero-order chi connectivity index (χ0) is 9.42. The molecule has 13 heavy (non-hydrogen) atoms. The first-order valence-electron chi connectivity index (χ1n) is 4.32. The van der Waals surface area contributed by atoms with Crippen LogP contribution < -0.4 is 11.5 Å². The number of ether oxygens (including phenoxy) is 1. The summed E-state index contributed by atoms with van der Waals surface area (Å²) in [6, 6.07) is 0. The van der Waals surface area contributed by atoms with Crippen LogP contribution >= 0.6 is 0 Å². The summed E-state index contributed by atoms with van der Waals surface area (Å²) in [6.07, 6.45) is 0.644. The Morgan fingerprint density at radius 3 is 3.15 bits per heavy atom. The van der Waals surface area contributed by atoms with Crippen LogP contribution in [0.5, 0.6) is 0 Å². The molecule has 0 aromatic heterocycles. The molecule has 0 saturated carbocycles. The van der Waals surface area contributed by atoms with Gasteiger partial charge in [0, 0.05) is 19.0 Å². The average Bonchev–Trinajstić information content (AvgIpc) is 2.15. The third kappa shape index (κ3) is 1.30. The van der Waals surface area contributed by atoms with Gasteiger partial charge in [0.2, 0.25) is 0 Å². The van der Waals surface area contributed by atoms with Crippen LogP contribution in [-0.2, 0) is 4.74 Å². The Labute approximate surface area is 77.0 Å². The van der Waals surface area contributed by atoms with Crippen molar-refractivity contribution in [1.82, 2.24) is 4.90 Å². The van der Waals surface area contributed by atoms with Gasteiger partial charge in [0.05, 0.1) is 18.9 Å². The molecule has 1 atom stereocenters. The zero-order valence-electron chi connectivity index (χ0n) is 7.66. The number of guanidine groups is 1. The predicted octanol–water partition coefficient (Wildman–Crippen LogP) is -0.794. The molecule has 0 bridgehead atoms. The van der Waals surface area contributed by atoms with Gasteiger partial charge >= 0.3 is 0 Å². The molecule has 0 fully saturated rings. The number of aliphatic imine (C=N–C) groups is 1. The molecular formula is C8H14N4O. The van der Waals surface area contributed by atoms with Crippen molar-refractivity contribution in [1.29, 1.82) is 0 Å². The van der Waals surface area contributed by atoms with Gasteiger partial charge in [-0.1, -0.05) is 0 Å². The number of hydrogen-bond acceptors (Lipinski definition) is 5. The highest BCUT2D eigenvalue weighted by atomic mass is 16.5. The second-order valence-corrected chi connectivity index (χ2v) is 3.30. The van der Waals surface area contributed by atoms with Gasteiger partial charge in [-0.3, -0.25) is 0 Å². The van der Waals surface area contributed by atoms with Crippen molar-refractivity contribution in [2.75, 3.05) is 20.3 Å². The summed E-state index contributed by atoms with van der Waals surface area (Å²) in [5.41, 5.74) is 13.7. The number of rotatable bonds is 0. The zero-order valence-corrected chi connectivity index (χ0v) is 7.66. The van der Waals surface area contributed by atoms with E-state index in [0.717, 1.165) is 17.7 Å². The van der Waals surface area contributed by atoms with Crippen molar-refractivity contribution >= 4 is 5.96 Å². The van der Waals surface area contributed by atoms with E-state index in [2.05, 4.69) is 4.99 Å². The van der Waals surface area contributed by atoms with Crippen molar-refractivity contribution in [3.63, 3.8) is 0 Å².